The van der Waals surface area contributed by atoms with Crippen LogP contribution in [0, 0.1) is 0 Å². The first-order valence-corrected chi connectivity index (χ1v) is 6.40. The first kappa shape index (κ1) is 14.3. The molecule has 1 heterocycles. The summed E-state index contributed by atoms with van der Waals surface area (Å²) >= 11 is 0. The molecule has 17 heavy (non-hydrogen) atoms. The topological polar surface area (TPSA) is 49.8 Å². The number of rotatable bonds is 1. The van der Waals surface area contributed by atoms with Gasteiger partial charge in [0.15, 0.2) is 0 Å². The van der Waals surface area contributed by atoms with Crippen LogP contribution in [0.1, 0.15) is 53.4 Å². The van der Waals surface area contributed by atoms with Crippen molar-refractivity contribution >= 4 is 6.09 Å². The number of nitrogens with zero attached hydrogens (tertiary/aromatic N) is 1. The van der Waals surface area contributed by atoms with Crippen LogP contribution in [0.15, 0.2) is 0 Å². The molecule has 0 aromatic heterocycles. The molecule has 0 aromatic carbocycles. The standard InChI is InChI=1S/C13H25NO3/c1-12(2,3)17-11(16)14-9-7-5-6-8-13(14,4)10-15/h15H,5-10H2,1-4H3/t13-/m1/s1. The van der Waals surface area contributed by atoms with Crippen LogP contribution in [0.4, 0.5) is 4.79 Å². The molecular weight excluding hydrogens is 218 g/mol. The number of likely N-dealkylation sites (tertiary alicyclic amines) is 1. The fourth-order valence-corrected chi connectivity index (χ4v) is 2.15. The molecule has 1 N–H and O–H groups in total. The predicted molar refractivity (Wildman–Crippen MR) is 66.9 cm³/mol. The molecular formula is C13H25NO3. The minimum atomic E-state index is -0.486. The highest BCUT2D eigenvalue weighted by Crippen LogP contribution is 2.28. The highest BCUT2D eigenvalue weighted by atomic mass is 16.6. The van der Waals surface area contributed by atoms with E-state index in [1.165, 1.54) is 0 Å². The molecule has 1 atom stereocenters. The van der Waals surface area contributed by atoms with E-state index < -0.39 is 11.1 Å². The van der Waals surface area contributed by atoms with Gasteiger partial charge in [0.05, 0.1) is 12.1 Å². The maximum absolute atomic E-state index is 12.1. The van der Waals surface area contributed by atoms with Gasteiger partial charge in [-0.1, -0.05) is 12.8 Å². The molecule has 4 nitrogen and oxygen atoms in total. The summed E-state index contributed by atoms with van der Waals surface area (Å²) in [7, 11) is 0. The molecule has 100 valence electrons. The van der Waals surface area contributed by atoms with Crippen molar-refractivity contribution in [2.45, 2.75) is 64.5 Å². The van der Waals surface area contributed by atoms with Crippen LogP contribution >= 0.6 is 0 Å². The van der Waals surface area contributed by atoms with Gasteiger partial charge in [-0.2, -0.15) is 0 Å². The van der Waals surface area contributed by atoms with Crippen molar-refractivity contribution < 1.29 is 14.6 Å². The Balaban J connectivity index is 2.79. The van der Waals surface area contributed by atoms with Crippen molar-refractivity contribution in [3.05, 3.63) is 0 Å². The average molecular weight is 243 g/mol. The van der Waals surface area contributed by atoms with Gasteiger partial charge >= 0.3 is 6.09 Å². The quantitative estimate of drug-likeness (QED) is 0.770. The van der Waals surface area contributed by atoms with Crippen LogP contribution in [0.2, 0.25) is 0 Å². The number of carbonyl (C=O) groups excluding carboxylic acids is 1. The number of hydrogen-bond donors (Lipinski definition) is 1. The SMILES string of the molecule is CC(C)(C)OC(=O)N1CCCCC[C@]1(C)CO. The molecule has 0 radical (unpaired) electrons. The van der Waals surface area contributed by atoms with E-state index in [4.69, 9.17) is 4.74 Å². The molecule has 0 aliphatic carbocycles. The van der Waals surface area contributed by atoms with Crippen LogP contribution in [0.5, 0.6) is 0 Å². The number of aliphatic hydroxyl groups is 1. The molecule has 0 aromatic rings. The number of hydrogen-bond acceptors (Lipinski definition) is 3. The van der Waals surface area contributed by atoms with Crippen molar-refractivity contribution in [3.63, 3.8) is 0 Å². The maximum atomic E-state index is 12.1. The zero-order chi connectivity index (χ0) is 13.1. The van der Waals surface area contributed by atoms with Gasteiger partial charge in [-0.15, -0.1) is 0 Å². The fraction of sp³-hybridized carbons (Fsp3) is 0.923. The lowest BCUT2D eigenvalue weighted by atomic mass is 9.96. The van der Waals surface area contributed by atoms with Crippen LogP contribution in [0.25, 0.3) is 0 Å². The number of ether oxygens (including phenoxy) is 1. The second-order valence-corrected chi connectivity index (χ2v) is 6.10. The summed E-state index contributed by atoms with van der Waals surface area (Å²) in [5.41, 5.74) is -0.960. The van der Waals surface area contributed by atoms with E-state index in [0.29, 0.717) is 6.54 Å². The van der Waals surface area contributed by atoms with Crippen molar-refractivity contribution in [2.24, 2.45) is 0 Å². The van der Waals surface area contributed by atoms with E-state index >= 15 is 0 Å². The Morgan fingerprint density at radius 2 is 2.00 bits per heavy atom. The Labute approximate surface area is 104 Å². The van der Waals surface area contributed by atoms with Gasteiger partial charge < -0.3 is 14.7 Å². The molecule has 4 heteroatoms. The van der Waals surface area contributed by atoms with Gasteiger partial charge in [0, 0.05) is 6.54 Å². The predicted octanol–water partition coefficient (Wildman–Crippen LogP) is 2.55. The van der Waals surface area contributed by atoms with E-state index in [1.807, 2.05) is 27.7 Å². The molecule has 1 fully saturated rings. The van der Waals surface area contributed by atoms with E-state index in [9.17, 15) is 9.90 Å². The lowest BCUT2D eigenvalue weighted by Crippen LogP contribution is -2.53. The Morgan fingerprint density at radius 3 is 2.53 bits per heavy atom. The Hall–Kier alpha value is -0.770. The number of carbonyl (C=O) groups is 1. The summed E-state index contributed by atoms with van der Waals surface area (Å²) in [5.74, 6) is 0. The van der Waals surface area contributed by atoms with E-state index in [0.717, 1.165) is 25.7 Å². The maximum Gasteiger partial charge on any atom is 0.410 e. The van der Waals surface area contributed by atoms with Gasteiger partial charge in [-0.3, -0.25) is 0 Å². The molecule has 1 aliphatic heterocycles. The van der Waals surface area contributed by atoms with Crippen molar-refractivity contribution in [3.8, 4) is 0 Å². The Bertz CT molecular complexity index is 272. The summed E-state index contributed by atoms with van der Waals surface area (Å²) in [6, 6.07) is 0. The third-order valence-corrected chi connectivity index (χ3v) is 3.20. The second-order valence-electron chi connectivity index (χ2n) is 6.10. The summed E-state index contributed by atoms with van der Waals surface area (Å²) in [6.07, 6.45) is 3.67. The largest absolute Gasteiger partial charge is 0.444 e. The van der Waals surface area contributed by atoms with Crippen LogP contribution in [-0.2, 0) is 4.74 Å². The third-order valence-electron chi connectivity index (χ3n) is 3.20. The van der Waals surface area contributed by atoms with Gasteiger partial charge in [-0.25, -0.2) is 4.79 Å². The fourth-order valence-electron chi connectivity index (χ4n) is 2.15. The number of aliphatic hydroxyl groups excluding tert-OH is 1. The molecule has 1 rings (SSSR count). The highest BCUT2D eigenvalue weighted by molar-refractivity contribution is 5.69. The lowest BCUT2D eigenvalue weighted by Gasteiger charge is -2.39. The Morgan fingerprint density at radius 1 is 1.35 bits per heavy atom. The average Bonchev–Trinajstić information content (AvgIpc) is 2.38. The molecule has 1 amide bonds. The van der Waals surface area contributed by atoms with Gasteiger partial charge in [0.25, 0.3) is 0 Å². The first-order chi connectivity index (χ1) is 7.78. The lowest BCUT2D eigenvalue weighted by molar-refractivity contribution is -0.0133. The van der Waals surface area contributed by atoms with Crippen molar-refractivity contribution in [1.82, 2.24) is 4.90 Å². The van der Waals surface area contributed by atoms with Gasteiger partial charge in [0.2, 0.25) is 0 Å². The summed E-state index contributed by atoms with van der Waals surface area (Å²) in [5, 5.41) is 9.54. The van der Waals surface area contributed by atoms with Crippen molar-refractivity contribution in [1.29, 1.82) is 0 Å². The number of amides is 1. The van der Waals surface area contributed by atoms with Crippen molar-refractivity contribution in [2.75, 3.05) is 13.2 Å². The Kier molecular flexibility index (Phi) is 4.42. The van der Waals surface area contributed by atoms with Crippen LogP contribution in [-0.4, -0.2) is 40.4 Å². The van der Waals surface area contributed by atoms with E-state index in [-0.39, 0.29) is 12.7 Å². The minimum Gasteiger partial charge on any atom is -0.444 e. The molecule has 1 saturated heterocycles. The smallest absolute Gasteiger partial charge is 0.410 e. The normalized spacial score (nSPS) is 26.5. The van der Waals surface area contributed by atoms with Gasteiger partial charge in [-0.05, 0) is 40.5 Å². The molecule has 0 unspecified atom stereocenters. The second kappa shape index (κ2) is 5.25. The zero-order valence-corrected chi connectivity index (χ0v) is 11.5. The van der Waals surface area contributed by atoms with Gasteiger partial charge in [0.1, 0.15) is 5.60 Å². The third kappa shape index (κ3) is 3.87. The zero-order valence-electron chi connectivity index (χ0n) is 11.5. The van der Waals surface area contributed by atoms with E-state index in [2.05, 4.69) is 0 Å². The molecule has 0 saturated carbocycles. The molecule has 0 bridgehead atoms. The highest BCUT2D eigenvalue weighted by Gasteiger charge is 2.37. The summed E-state index contributed by atoms with van der Waals surface area (Å²) in [4.78, 5) is 13.8. The monoisotopic (exact) mass is 243 g/mol. The van der Waals surface area contributed by atoms with Crippen LogP contribution < -0.4 is 0 Å². The first-order valence-electron chi connectivity index (χ1n) is 6.40. The molecule has 0 spiro atoms. The summed E-state index contributed by atoms with van der Waals surface area (Å²) < 4.78 is 5.41. The van der Waals surface area contributed by atoms with Crippen LogP contribution in [0.3, 0.4) is 0 Å². The summed E-state index contributed by atoms with van der Waals surface area (Å²) in [6.45, 7) is 8.18. The minimum absolute atomic E-state index is 0.00770. The molecule has 1 aliphatic rings. The van der Waals surface area contributed by atoms with E-state index in [1.54, 1.807) is 4.90 Å².